The van der Waals surface area contributed by atoms with Gasteiger partial charge in [-0.25, -0.2) is 0 Å². The summed E-state index contributed by atoms with van der Waals surface area (Å²) in [6.07, 6.45) is 4.15. The number of carbonyl (C=O) groups is 1. The zero-order valence-electron chi connectivity index (χ0n) is 15.3. The van der Waals surface area contributed by atoms with Gasteiger partial charge < -0.3 is 19.1 Å². The third kappa shape index (κ3) is 3.15. The molecule has 0 bridgehead atoms. The Balaban J connectivity index is 1.53. The second-order valence-corrected chi connectivity index (χ2v) is 7.20. The molecule has 26 heavy (non-hydrogen) atoms. The molecule has 4 rings (SSSR count). The molecular weight excluding hydrogens is 328 g/mol. The van der Waals surface area contributed by atoms with Gasteiger partial charge in [0.1, 0.15) is 5.58 Å². The van der Waals surface area contributed by atoms with E-state index in [-0.39, 0.29) is 11.9 Å². The molecule has 1 saturated heterocycles. The van der Waals surface area contributed by atoms with Crippen LogP contribution in [-0.4, -0.2) is 25.5 Å². The van der Waals surface area contributed by atoms with Crippen LogP contribution in [0.5, 0.6) is 0 Å². The molecule has 1 amide bonds. The summed E-state index contributed by atoms with van der Waals surface area (Å²) >= 11 is 0. The van der Waals surface area contributed by atoms with E-state index in [0.717, 1.165) is 40.9 Å². The predicted octanol–water partition coefficient (Wildman–Crippen LogP) is 2.79. The Hall–Kier alpha value is -2.53. The van der Waals surface area contributed by atoms with E-state index in [9.17, 15) is 4.79 Å². The number of benzene rings is 1. The van der Waals surface area contributed by atoms with Crippen LogP contribution in [0.25, 0.3) is 11.0 Å². The minimum Gasteiger partial charge on any atom is -0.463 e. The number of amides is 1. The largest absolute Gasteiger partial charge is 0.463 e. The van der Waals surface area contributed by atoms with Crippen molar-refractivity contribution in [2.45, 2.75) is 32.7 Å². The van der Waals surface area contributed by atoms with E-state index in [2.05, 4.69) is 11.4 Å². The number of hydrogen-bond donors (Lipinski definition) is 2. The van der Waals surface area contributed by atoms with E-state index >= 15 is 0 Å². The highest BCUT2D eigenvalue weighted by Gasteiger charge is 2.30. The molecule has 1 aliphatic heterocycles. The van der Waals surface area contributed by atoms with Crippen LogP contribution in [0.15, 0.2) is 45.4 Å². The summed E-state index contributed by atoms with van der Waals surface area (Å²) in [6.45, 7) is 6.75. The van der Waals surface area contributed by atoms with E-state index in [1.807, 2.05) is 38.1 Å². The quantitative estimate of drug-likeness (QED) is 0.741. The lowest BCUT2D eigenvalue weighted by molar-refractivity contribution is -0.919. The molecule has 2 aromatic heterocycles. The van der Waals surface area contributed by atoms with Crippen LogP contribution in [0.2, 0.25) is 0 Å². The molecule has 2 N–H and O–H groups in total. The van der Waals surface area contributed by atoms with Crippen molar-refractivity contribution in [3.05, 3.63) is 59.2 Å². The fraction of sp³-hybridized carbons (Fsp3) is 0.381. The maximum absolute atomic E-state index is 12.8. The van der Waals surface area contributed by atoms with Crippen LogP contribution in [0.1, 0.15) is 46.3 Å². The SMILES string of the molecule is Cc1ccc2oc(C(=O)NC[C@@H](c3ccco3)[NH+]3CCCC3)c(C)c2c1. The highest BCUT2D eigenvalue weighted by molar-refractivity contribution is 5.99. The molecule has 5 heteroatoms. The van der Waals surface area contributed by atoms with Gasteiger partial charge in [-0.05, 0) is 38.1 Å². The molecule has 1 fully saturated rings. The van der Waals surface area contributed by atoms with Gasteiger partial charge in [-0.1, -0.05) is 11.6 Å². The lowest BCUT2D eigenvalue weighted by Crippen LogP contribution is -3.11. The molecule has 0 spiro atoms. The van der Waals surface area contributed by atoms with Gasteiger partial charge in [-0.2, -0.15) is 0 Å². The van der Waals surface area contributed by atoms with Crippen molar-refractivity contribution < 1.29 is 18.5 Å². The molecule has 136 valence electrons. The van der Waals surface area contributed by atoms with Crippen LogP contribution in [0.3, 0.4) is 0 Å². The van der Waals surface area contributed by atoms with Crippen molar-refractivity contribution >= 4 is 16.9 Å². The average molecular weight is 353 g/mol. The Morgan fingerprint density at radius 1 is 1.23 bits per heavy atom. The van der Waals surface area contributed by atoms with Gasteiger partial charge in [0.05, 0.1) is 25.9 Å². The van der Waals surface area contributed by atoms with Gasteiger partial charge in [-0.3, -0.25) is 4.79 Å². The average Bonchev–Trinajstić information content (AvgIpc) is 3.38. The van der Waals surface area contributed by atoms with Gasteiger partial charge in [0.2, 0.25) is 0 Å². The molecule has 1 atom stereocenters. The molecule has 0 unspecified atom stereocenters. The monoisotopic (exact) mass is 353 g/mol. The third-order valence-electron chi connectivity index (χ3n) is 5.39. The zero-order chi connectivity index (χ0) is 18.1. The highest BCUT2D eigenvalue weighted by Crippen LogP contribution is 2.26. The van der Waals surface area contributed by atoms with E-state index in [1.54, 1.807) is 6.26 Å². The molecule has 0 radical (unpaired) electrons. The Kier molecular flexibility index (Phi) is 4.55. The molecule has 1 aromatic carbocycles. The summed E-state index contributed by atoms with van der Waals surface area (Å²) < 4.78 is 11.5. The van der Waals surface area contributed by atoms with Crippen LogP contribution in [0.4, 0.5) is 0 Å². The Labute approximate surface area is 153 Å². The lowest BCUT2D eigenvalue weighted by atomic mass is 10.1. The number of fused-ring (bicyclic) bond motifs is 1. The van der Waals surface area contributed by atoms with Gasteiger partial charge >= 0.3 is 0 Å². The molecular formula is C21H25N2O3+. The molecule has 3 heterocycles. The lowest BCUT2D eigenvalue weighted by Gasteiger charge is -2.23. The van der Waals surface area contributed by atoms with Crippen molar-refractivity contribution in [2.75, 3.05) is 19.6 Å². The van der Waals surface area contributed by atoms with E-state index < -0.39 is 0 Å². The summed E-state index contributed by atoms with van der Waals surface area (Å²) in [5.74, 6) is 1.17. The highest BCUT2D eigenvalue weighted by atomic mass is 16.3. The van der Waals surface area contributed by atoms with Gasteiger partial charge in [-0.15, -0.1) is 0 Å². The predicted molar refractivity (Wildman–Crippen MR) is 99.4 cm³/mol. The number of quaternary nitrogens is 1. The Bertz CT molecular complexity index is 905. The minimum absolute atomic E-state index is 0.142. The standard InChI is InChI=1S/C21H24N2O3/c1-14-7-8-18-16(12-14)15(2)20(26-18)21(24)22-13-17(19-6-5-11-25-19)23-9-3-4-10-23/h5-8,11-12,17H,3-4,9-10,13H2,1-2H3,(H,22,24)/p+1/t17-/m0/s1. The fourth-order valence-corrected chi connectivity index (χ4v) is 3.94. The summed E-state index contributed by atoms with van der Waals surface area (Å²) in [6, 6.07) is 10.0. The van der Waals surface area contributed by atoms with Gasteiger partial charge in [0, 0.05) is 23.8 Å². The van der Waals surface area contributed by atoms with E-state index in [4.69, 9.17) is 8.83 Å². The first-order valence-corrected chi connectivity index (χ1v) is 9.29. The molecule has 3 aromatic rings. The summed E-state index contributed by atoms with van der Waals surface area (Å²) in [5.41, 5.74) is 2.80. The maximum Gasteiger partial charge on any atom is 0.287 e. The van der Waals surface area contributed by atoms with Crippen molar-refractivity contribution in [3.63, 3.8) is 0 Å². The number of hydrogen-bond acceptors (Lipinski definition) is 3. The number of likely N-dealkylation sites (tertiary alicyclic amines) is 1. The fourth-order valence-electron chi connectivity index (χ4n) is 3.94. The summed E-state index contributed by atoms with van der Waals surface area (Å²) in [7, 11) is 0. The van der Waals surface area contributed by atoms with Crippen molar-refractivity contribution in [1.29, 1.82) is 0 Å². The Morgan fingerprint density at radius 2 is 2.04 bits per heavy atom. The van der Waals surface area contributed by atoms with Crippen molar-refractivity contribution in [3.8, 4) is 0 Å². The molecule has 0 saturated carbocycles. The van der Waals surface area contributed by atoms with Gasteiger partial charge in [0.15, 0.2) is 17.6 Å². The first-order valence-electron chi connectivity index (χ1n) is 9.29. The van der Waals surface area contributed by atoms with Gasteiger partial charge in [0.25, 0.3) is 5.91 Å². The second-order valence-electron chi connectivity index (χ2n) is 7.20. The third-order valence-corrected chi connectivity index (χ3v) is 5.39. The summed E-state index contributed by atoms with van der Waals surface area (Å²) in [5, 5.41) is 4.07. The summed E-state index contributed by atoms with van der Waals surface area (Å²) in [4.78, 5) is 14.2. The number of carbonyl (C=O) groups excluding carboxylic acids is 1. The van der Waals surface area contributed by atoms with Crippen LogP contribution in [0, 0.1) is 13.8 Å². The number of nitrogens with one attached hydrogen (secondary N) is 2. The van der Waals surface area contributed by atoms with Crippen molar-refractivity contribution in [1.82, 2.24) is 5.32 Å². The van der Waals surface area contributed by atoms with Crippen LogP contribution < -0.4 is 10.2 Å². The smallest absolute Gasteiger partial charge is 0.287 e. The minimum atomic E-state index is -0.161. The second kappa shape index (κ2) is 7.00. The van der Waals surface area contributed by atoms with Crippen LogP contribution >= 0.6 is 0 Å². The molecule has 5 nitrogen and oxygen atoms in total. The van der Waals surface area contributed by atoms with E-state index in [0.29, 0.717) is 12.3 Å². The first kappa shape index (κ1) is 16.9. The zero-order valence-corrected chi connectivity index (χ0v) is 15.3. The number of furan rings is 2. The number of rotatable bonds is 5. The van der Waals surface area contributed by atoms with E-state index in [1.165, 1.54) is 17.7 Å². The maximum atomic E-state index is 12.8. The number of aryl methyl sites for hydroxylation is 2. The first-order chi connectivity index (χ1) is 12.6. The van der Waals surface area contributed by atoms with Crippen LogP contribution in [-0.2, 0) is 0 Å². The Morgan fingerprint density at radius 3 is 2.77 bits per heavy atom. The normalized spacial score (nSPS) is 16.2. The topological polar surface area (TPSA) is 59.8 Å². The molecule has 0 aliphatic carbocycles. The van der Waals surface area contributed by atoms with Crippen molar-refractivity contribution in [2.24, 2.45) is 0 Å². The molecule has 1 aliphatic rings.